The van der Waals surface area contributed by atoms with Crippen molar-refractivity contribution in [2.45, 2.75) is 63.0 Å². The lowest BCUT2D eigenvalue weighted by Crippen LogP contribution is -2.41. The number of amides is 1. The zero-order valence-corrected chi connectivity index (χ0v) is 15.5. The summed E-state index contributed by atoms with van der Waals surface area (Å²) in [6, 6.07) is 6.61. The number of aryl methyl sites for hydroxylation is 1. The highest BCUT2D eigenvalue weighted by atomic mass is 32.2. The largest absolute Gasteiger partial charge is 0.453 e. The van der Waals surface area contributed by atoms with E-state index in [9.17, 15) is 18.0 Å². The van der Waals surface area contributed by atoms with Gasteiger partial charge in [-0.15, -0.1) is 0 Å². The molecule has 0 aromatic heterocycles. The molecule has 1 aromatic rings. The third-order valence-corrected chi connectivity index (χ3v) is 6.07. The highest BCUT2D eigenvalue weighted by Gasteiger charge is 2.24. The number of carbonyl (C=O) groups excluding carboxylic acids is 2. The summed E-state index contributed by atoms with van der Waals surface area (Å²) in [7, 11) is -3.55. The van der Waals surface area contributed by atoms with Gasteiger partial charge in [0.1, 0.15) is 0 Å². The van der Waals surface area contributed by atoms with Crippen molar-refractivity contribution in [3.63, 3.8) is 0 Å². The molecule has 1 N–H and O–H groups in total. The third-order valence-electron chi connectivity index (χ3n) is 4.33. The summed E-state index contributed by atoms with van der Waals surface area (Å²) < 4.78 is 29.5. The zero-order valence-electron chi connectivity index (χ0n) is 14.7. The lowest BCUT2D eigenvalue weighted by Gasteiger charge is -2.17. The molecule has 0 aliphatic heterocycles. The Labute approximate surface area is 148 Å². The molecule has 0 radical (unpaired) electrons. The van der Waals surface area contributed by atoms with Crippen LogP contribution in [0.5, 0.6) is 0 Å². The normalized spacial score (nSPS) is 16.4. The van der Waals surface area contributed by atoms with Crippen LogP contribution in [0.1, 0.15) is 44.6 Å². The van der Waals surface area contributed by atoms with Gasteiger partial charge in [-0.3, -0.25) is 9.59 Å². The maximum Gasteiger partial charge on any atom is 0.307 e. The lowest BCUT2D eigenvalue weighted by atomic mass is 10.2. The van der Waals surface area contributed by atoms with Crippen LogP contribution in [0.3, 0.4) is 0 Å². The lowest BCUT2D eigenvalue weighted by molar-refractivity contribution is -0.154. The van der Waals surface area contributed by atoms with Gasteiger partial charge in [-0.05, 0) is 38.8 Å². The summed E-state index contributed by atoms with van der Waals surface area (Å²) in [4.78, 5) is 24.0. The Hall–Kier alpha value is -1.89. The van der Waals surface area contributed by atoms with Crippen LogP contribution in [-0.2, 0) is 24.2 Å². The molecule has 0 heterocycles. The van der Waals surface area contributed by atoms with Crippen molar-refractivity contribution in [3.8, 4) is 0 Å². The second-order valence-electron chi connectivity index (χ2n) is 6.50. The number of hydrogen-bond acceptors (Lipinski definition) is 5. The molecule has 1 aliphatic rings. The number of esters is 1. The van der Waals surface area contributed by atoms with E-state index in [0.29, 0.717) is 0 Å². The first-order valence-electron chi connectivity index (χ1n) is 8.57. The van der Waals surface area contributed by atoms with E-state index >= 15 is 0 Å². The minimum absolute atomic E-state index is 0.149. The van der Waals surface area contributed by atoms with Crippen LogP contribution >= 0.6 is 0 Å². The minimum Gasteiger partial charge on any atom is -0.453 e. The van der Waals surface area contributed by atoms with Crippen LogP contribution in [-0.4, -0.2) is 38.2 Å². The number of nitrogens with one attached hydrogen (secondary N) is 1. The van der Waals surface area contributed by atoms with Crippen LogP contribution in [0, 0.1) is 6.92 Å². The molecular weight excluding hydrogens is 342 g/mol. The number of hydrogen-bond donors (Lipinski definition) is 1. The second-order valence-corrected chi connectivity index (χ2v) is 8.61. The smallest absolute Gasteiger partial charge is 0.307 e. The average Bonchev–Trinajstić information content (AvgIpc) is 3.06. The van der Waals surface area contributed by atoms with Gasteiger partial charge in [0.25, 0.3) is 5.91 Å². The third kappa shape index (κ3) is 5.85. The van der Waals surface area contributed by atoms with Gasteiger partial charge < -0.3 is 10.1 Å². The Bertz CT molecular complexity index is 705. The molecule has 0 saturated heterocycles. The number of carbonyl (C=O) groups is 2. The molecule has 138 valence electrons. The van der Waals surface area contributed by atoms with Crippen LogP contribution < -0.4 is 5.32 Å². The predicted octanol–water partition coefficient (Wildman–Crippen LogP) is 2.15. The summed E-state index contributed by atoms with van der Waals surface area (Å²) in [5, 5.41) is 2.85. The number of benzene rings is 1. The summed E-state index contributed by atoms with van der Waals surface area (Å²) in [5.41, 5.74) is 0.959. The van der Waals surface area contributed by atoms with Gasteiger partial charge in [0, 0.05) is 6.04 Å². The molecule has 1 aliphatic carbocycles. The number of ether oxygens (including phenoxy) is 1. The van der Waals surface area contributed by atoms with Crippen molar-refractivity contribution in [3.05, 3.63) is 29.8 Å². The molecule has 7 heteroatoms. The summed E-state index contributed by atoms with van der Waals surface area (Å²) >= 11 is 0. The number of rotatable bonds is 7. The maximum atomic E-state index is 12.2. The van der Waals surface area contributed by atoms with E-state index in [1.807, 2.05) is 6.92 Å². The molecule has 25 heavy (non-hydrogen) atoms. The summed E-state index contributed by atoms with van der Waals surface area (Å²) in [6.07, 6.45) is 2.88. The van der Waals surface area contributed by atoms with E-state index in [1.54, 1.807) is 12.1 Å². The maximum absolute atomic E-state index is 12.2. The van der Waals surface area contributed by atoms with Crippen molar-refractivity contribution >= 4 is 21.7 Å². The van der Waals surface area contributed by atoms with Gasteiger partial charge in [-0.2, -0.15) is 0 Å². The highest BCUT2D eigenvalue weighted by molar-refractivity contribution is 7.91. The first-order valence-corrected chi connectivity index (χ1v) is 10.2. The van der Waals surface area contributed by atoms with Gasteiger partial charge in [-0.25, -0.2) is 8.42 Å². The molecule has 0 unspecified atom stereocenters. The Morgan fingerprint density at radius 2 is 1.80 bits per heavy atom. The molecule has 0 bridgehead atoms. The van der Waals surface area contributed by atoms with Crippen LogP contribution in [0.4, 0.5) is 0 Å². The summed E-state index contributed by atoms with van der Waals surface area (Å²) in [6.45, 7) is 3.36. The fourth-order valence-corrected chi connectivity index (χ4v) is 4.00. The van der Waals surface area contributed by atoms with Gasteiger partial charge in [0.2, 0.25) is 0 Å². The number of sulfone groups is 1. The van der Waals surface area contributed by atoms with Gasteiger partial charge in [0.15, 0.2) is 15.9 Å². The first kappa shape index (κ1) is 19.4. The molecule has 0 spiro atoms. The van der Waals surface area contributed by atoms with Crippen molar-refractivity contribution in [1.82, 2.24) is 5.32 Å². The van der Waals surface area contributed by atoms with E-state index in [0.717, 1.165) is 31.2 Å². The van der Waals surface area contributed by atoms with Crippen molar-refractivity contribution in [1.29, 1.82) is 0 Å². The van der Waals surface area contributed by atoms with Crippen LogP contribution in [0.25, 0.3) is 0 Å². The SMILES string of the molecule is Cc1ccc(S(=O)(=O)CCC(=O)O[C@H](C)C(=O)NC2CCCC2)cc1. The van der Waals surface area contributed by atoms with Gasteiger partial charge in [-0.1, -0.05) is 30.5 Å². The Kier molecular flexibility index (Phi) is 6.58. The first-order chi connectivity index (χ1) is 11.8. The molecule has 6 nitrogen and oxygen atoms in total. The highest BCUT2D eigenvalue weighted by Crippen LogP contribution is 2.18. The second kappa shape index (κ2) is 8.47. The zero-order chi connectivity index (χ0) is 18.4. The average molecular weight is 367 g/mol. The Morgan fingerprint density at radius 1 is 1.20 bits per heavy atom. The Balaban J connectivity index is 1.80. The molecule has 1 fully saturated rings. The fraction of sp³-hybridized carbons (Fsp3) is 0.556. The van der Waals surface area contributed by atoms with E-state index < -0.39 is 21.9 Å². The topological polar surface area (TPSA) is 89.5 Å². The molecule has 2 rings (SSSR count). The standard InChI is InChI=1S/C18H25NO5S/c1-13-7-9-16(10-8-13)25(22,23)12-11-17(20)24-14(2)18(21)19-15-5-3-4-6-15/h7-10,14-15H,3-6,11-12H2,1-2H3,(H,19,21)/t14-/m1/s1. The molecule has 1 saturated carbocycles. The van der Waals surface area contributed by atoms with Gasteiger partial charge in [0.05, 0.1) is 17.1 Å². The van der Waals surface area contributed by atoms with E-state index in [-0.39, 0.29) is 29.0 Å². The van der Waals surface area contributed by atoms with Crippen molar-refractivity contribution in [2.24, 2.45) is 0 Å². The molecule has 1 aromatic carbocycles. The van der Waals surface area contributed by atoms with E-state index in [1.165, 1.54) is 19.1 Å². The minimum atomic E-state index is -3.55. The quantitative estimate of drug-likeness (QED) is 0.746. The molecule has 1 amide bonds. The van der Waals surface area contributed by atoms with Crippen molar-refractivity contribution in [2.75, 3.05) is 5.75 Å². The molecule has 1 atom stereocenters. The van der Waals surface area contributed by atoms with Crippen molar-refractivity contribution < 1.29 is 22.7 Å². The summed E-state index contributed by atoms with van der Waals surface area (Å²) in [5.74, 6) is -1.36. The monoisotopic (exact) mass is 367 g/mol. The Morgan fingerprint density at radius 3 is 2.40 bits per heavy atom. The van der Waals surface area contributed by atoms with Crippen LogP contribution in [0.2, 0.25) is 0 Å². The van der Waals surface area contributed by atoms with E-state index in [2.05, 4.69) is 5.32 Å². The van der Waals surface area contributed by atoms with E-state index in [4.69, 9.17) is 4.74 Å². The fourth-order valence-electron chi connectivity index (χ4n) is 2.78. The van der Waals surface area contributed by atoms with Crippen LogP contribution in [0.15, 0.2) is 29.2 Å². The molecular formula is C18H25NO5S. The van der Waals surface area contributed by atoms with Gasteiger partial charge >= 0.3 is 5.97 Å². The predicted molar refractivity (Wildman–Crippen MR) is 93.8 cm³/mol.